The maximum Gasteiger partial charge on any atom is 0.430 e. The van der Waals surface area contributed by atoms with Crippen LogP contribution in [0.15, 0.2) is 24.3 Å². The number of nitrogens with zero attached hydrogens (tertiary/aromatic N) is 1. The minimum Gasteiger partial charge on any atom is -0.369 e. The number of benzene rings is 1. The Morgan fingerprint density at radius 2 is 1.54 bits per heavy atom. The molecule has 0 bridgehead atoms. The first kappa shape index (κ1) is 20.9. The molecule has 1 fully saturated rings. The number of alkyl halides is 6. The molecule has 0 amide bonds. The summed E-state index contributed by atoms with van der Waals surface area (Å²) in [6.45, 7) is 3.81. The first-order chi connectivity index (χ1) is 10.5. The quantitative estimate of drug-likeness (QED) is 0.776. The second kappa shape index (κ2) is 6.97. The summed E-state index contributed by atoms with van der Waals surface area (Å²) in [5, 5.41) is 12.5. The van der Waals surface area contributed by atoms with Gasteiger partial charge in [0.1, 0.15) is 0 Å². The molecule has 1 aliphatic rings. The van der Waals surface area contributed by atoms with Gasteiger partial charge in [0.05, 0.1) is 0 Å². The topological polar surface area (TPSA) is 35.5 Å². The van der Waals surface area contributed by atoms with Crippen LogP contribution in [0, 0.1) is 0 Å². The average molecular weight is 379 g/mol. The number of anilines is 1. The first-order valence-corrected chi connectivity index (χ1v) is 6.92. The summed E-state index contributed by atoms with van der Waals surface area (Å²) < 4.78 is 76.9. The molecule has 1 atom stereocenters. The Kier molecular flexibility index (Phi) is 6.06. The van der Waals surface area contributed by atoms with E-state index in [0.29, 0.717) is 37.5 Å². The van der Waals surface area contributed by atoms with Gasteiger partial charge in [-0.25, -0.2) is 0 Å². The molecule has 1 heterocycles. The highest BCUT2D eigenvalue weighted by Gasteiger charge is 2.71. The van der Waals surface area contributed by atoms with E-state index < -0.39 is 23.5 Å². The van der Waals surface area contributed by atoms with Crippen LogP contribution in [0.5, 0.6) is 0 Å². The molecule has 0 aromatic heterocycles. The van der Waals surface area contributed by atoms with Crippen LogP contribution in [-0.2, 0) is 5.60 Å². The van der Waals surface area contributed by atoms with Crippen molar-refractivity contribution in [3.63, 3.8) is 0 Å². The van der Waals surface area contributed by atoms with Crippen LogP contribution in [0.1, 0.15) is 12.5 Å². The van der Waals surface area contributed by atoms with E-state index >= 15 is 0 Å². The van der Waals surface area contributed by atoms with Crippen LogP contribution < -0.4 is 10.2 Å². The summed E-state index contributed by atoms with van der Waals surface area (Å²) in [6, 6.07) is 3.73. The summed E-state index contributed by atoms with van der Waals surface area (Å²) in [5.41, 5.74) is -5.62. The Morgan fingerprint density at radius 1 is 1.04 bits per heavy atom. The molecule has 0 radical (unpaired) electrons. The van der Waals surface area contributed by atoms with Gasteiger partial charge in [-0.05, 0) is 19.1 Å². The predicted octanol–water partition coefficient (Wildman–Crippen LogP) is 3.22. The van der Waals surface area contributed by atoms with E-state index in [0.717, 1.165) is 0 Å². The molecule has 2 rings (SSSR count). The van der Waals surface area contributed by atoms with E-state index in [1.807, 2.05) is 11.8 Å². The molecule has 138 valence electrons. The zero-order valence-corrected chi connectivity index (χ0v) is 13.4. The molecular formula is C14H17ClF6N2O. The van der Waals surface area contributed by atoms with Crippen molar-refractivity contribution in [1.29, 1.82) is 0 Å². The van der Waals surface area contributed by atoms with Gasteiger partial charge in [-0.3, -0.25) is 0 Å². The normalized spacial score (nSPS) is 19.8. The Balaban J connectivity index is 0.00000288. The van der Waals surface area contributed by atoms with Gasteiger partial charge in [0.15, 0.2) is 0 Å². The molecule has 1 aromatic rings. The zero-order chi connectivity index (χ0) is 17.5. The van der Waals surface area contributed by atoms with Gasteiger partial charge < -0.3 is 15.3 Å². The summed E-state index contributed by atoms with van der Waals surface area (Å²) >= 11 is 0. The highest BCUT2D eigenvalue weighted by Crippen LogP contribution is 2.50. The third-order valence-corrected chi connectivity index (χ3v) is 3.94. The number of rotatable bonds is 2. The Hall–Kier alpha value is -1.19. The summed E-state index contributed by atoms with van der Waals surface area (Å²) in [7, 11) is 0. The Bertz CT molecular complexity index is 532. The van der Waals surface area contributed by atoms with Gasteiger partial charge in [-0.2, -0.15) is 26.3 Å². The molecule has 0 aliphatic carbocycles. The maximum absolute atomic E-state index is 12.8. The zero-order valence-electron chi connectivity index (χ0n) is 12.6. The van der Waals surface area contributed by atoms with Crippen molar-refractivity contribution in [1.82, 2.24) is 5.32 Å². The number of nitrogens with one attached hydrogen (secondary N) is 1. The van der Waals surface area contributed by atoms with E-state index in [-0.39, 0.29) is 18.4 Å². The molecule has 1 aliphatic heterocycles. The molecule has 3 nitrogen and oxygen atoms in total. The Morgan fingerprint density at radius 3 is 1.96 bits per heavy atom. The van der Waals surface area contributed by atoms with Crippen molar-refractivity contribution in [2.24, 2.45) is 0 Å². The average Bonchev–Trinajstić information content (AvgIpc) is 2.45. The van der Waals surface area contributed by atoms with Crippen LogP contribution in [0.2, 0.25) is 0 Å². The van der Waals surface area contributed by atoms with E-state index in [2.05, 4.69) is 5.32 Å². The van der Waals surface area contributed by atoms with Gasteiger partial charge >= 0.3 is 12.4 Å². The standard InChI is InChI=1S/C14H16F6N2O.ClH/c1-9-8-21-6-7-22(9)11-4-2-10(3-5-11)12(23,13(15,16)17)14(18,19)20;/h2-5,9,21,23H,6-8H2,1H3;1H/t9-;/m0./s1. The van der Waals surface area contributed by atoms with E-state index in [1.54, 1.807) is 0 Å². The first-order valence-electron chi connectivity index (χ1n) is 6.92. The van der Waals surface area contributed by atoms with Crippen LogP contribution in [0.25, 0.3) is 0 Å². The lowest BCUT2D eigenvalue weighted by Crippen LogP contribution is -2.54. The lowest BCUT2D eigenvalue weighted by molar-refractivity contribution is -0.376. The molecular weight excluding hydrogens is 362 g/mol. The molecule has 0 unspecified atom stereocenters. The SMILES string of the molecule is C[C@H]1CNCCN1c1ccc(C(O)(C(F)(F)F)C(F)(F)F)cc1.Cl. The molecule has 1 saturated heterocycles. The van der Waals surface area contributed by atoms with Gasteiger partial charge in [0.25, 0.3) is 5.60 Å². The summed E-state index contributed by atoms with van der Waals surface area (Å²) in [5.74, 6) is 0. The van der Waals surface area contributed by atoms with Gasteiger partial charge in [-0.1, -0.05) is 12.1 Å². The number of aliphatic hydroxyl groups is 1. The smallest absolute Gasteiger partial charge is 0.369 e. The molecule has 1 aromatic carbocycles. The number of hydrogen-bond donors (Lipinski definition) is 2. The highest BCUT2D eigenvalue weighted by atomic mass is 35.5. The molecule has 0 spiro atoms. The largest absolute Gasteiger partial charge is 0.430 e. The van der Waals surface area contributed by atoms with Crippen LogP contribution in [0.3, 0.4) is 0 Å². The third kappa shape index (κ3) is 3.57. The fourth-order valence-corrected chi connectivity index (χ4v) is 2.61. The van der Waals surface area contributed by atoms with Crippen molar-refractivity contribution in [2.75, 3.05) is 24.5 Å². The Labute approximate surface area is 141 Å². The van der Waals surface area contributed by atoms with E-state index in [4.69, 9.17) is 0 Å². The van der Waals surface area contributed by atoms with Crippen molar-refractivity contribution in [3.8, 4) is 0 Å². The molecule has 10 heteroatoms. The number of piperazine rings is 1. The summed E-state index contributed by atoms with van der Waals surface area (Å²) in [6.07, 6.45) is -11.7. The van der Waals surface area contributed by atoms with Crippen molar-refractivity contribution in [2.45, 2.75) is 30.9 Å². The minimum absolute atomic E-state index is 0. The predicted molar refractivity (Wildman–Crippen MR) is 79.4 cm³/mol. The van der Waals surface area contributed by atoms with Crippen molar-refractivity contribution < 1.29 is 31.4 Å². The number of hydrogen-bond acceptors (Lipinski definition) is 3. The molecule has 0 saturated carbocycles. The van der Waals surface area contributed by atoms with Gasteiger partial charge in [0.2, 0.25) is 0 Å². The second-order valence-corrected chi connectivity index (χ2v) is 5.50. The van der Waals surface area contributed by atoms with Gasteiger partial charge in [-0.15, -0.1) is 12.4 Å². The third-order valence-electron chi connectivity index (χ3n) is 3.94. The monoisotopic (exact) mass is 378 g/mol. The second-order valence-electron chi connectivity index (χ2n) is 5.50. The highest BCUT2D eigenvalue weighted by molar-refractivity contribution is 5.85. The fourth-order valence-electron chi connectivity index (χ4n) is 2.61. The molecule has 24 heavy (non-hydrogen) atoms. The summed E-state index contributed by atoms with van der Waals surface area (Å²) in [4.78, 5) is 1.88. The van der Waals surface area contributed by atoms with Crippen LogP contribution in [-0.4, -0.2) is 43.1 Å². The molecule has 2 N–H and O–H groups in total. The van der Waals surface area contributed by atoms with Crippen LogP contribution >= 0.6 is 12.4 Å². The lowest BCUT2D eigenvalue weighted by Gasteiger charge is -2.37. The number of halogens is 7. The van der Waals surface area contributed by atoms with E-state index in [1.165, 1.54) is 12.1 Å². The fraction of sp³-hybridized carbons (Fsp3) is 0.571. The van der Waals surface area contributed by atoms with Crippen molar-refractivity contribution in [3.05, 3.63) is 29.8 Å². The maximum atomic E-state index is 12.8. The van der Waals surface area contributed by atoms with E-state index in [9.17, 15) is 31.4 Å². The minimum atomic E-state index is -5.87. The lowest BCUT2D eigenvalue weighted by atomic mass is 9.92. The van der Waals surface area contributed by atoms with Crippen LogP contribution in [0.4, 0.5) is 32.0 Å². The van der Waals surface area contributed by atoms with Gasteiger partial charge in [0, 0.05) is 36.9 Å². The van der Waals surface area contributed by atoms with Crippen molar-refractivity contribution >= 4 is 18.1 Å².